The number of hydrogen-bond acceptors (Lipinski definition) is 3. The van der Waals surface area contributed by atoms with Crippen molar-refractivity contribution in [3.8, 4) is 0 Å². The van der Waals surface area contributed by atoms with Crippen LogP contribution in [-0.2, 0) is 0 Å². The van der Waals surface area contributed by atoms with Crippen molar-refractivity contribution in [2.24, 2.45) is 11.7 Å². The summed E-state index contributed by atoms with van der Waals surface area (Å²) in [5.74, 6) is 2.61. The minimum absolute atomic E-state index is 0.106. The molecule has 0 fully saturated rings. The van der Waals surface area contributed by atoms with Gasteiger partial charge in [-0.3, -0.25) is 4.90 Å². The van der Waals surface area contributed by atoms with Crippen LogP contribution in [0.1, 0.15) is 71.4 Å². The lowest BCUT2D eigenvalue weighted by Gasteiger charge is -2.40. The second kappa shape index (κ2) is 8.60. The Morgan fingerprint density at radius 1 is 1.10 bits per heavy atom. The Hall–Kier alpha value is -0.800. The molecule has 3 heteroatoms. The molecule has 1 rings (SSSR count). The van der Waals surface area contributed by atoms with E-state index in [0.717, 1.165) is 37.3 Å². The summed E-state index contributed by atoms with van der Waals surface area (Å²) in [4.78, 5) is 2.58. The first-order chi connectivity index (χ1) is 9.94. The highest BCUT2D eigenvalue weighted by atomic mass is 16.3. The molecule has 0 amide bonds. The summed E-state index contributed by atoms with van der Waals surface area (Å²) in [6, 6.07) is 4.99. The van der Waals surface area contributed by atoms with Crippen LogP contribution < -0.4 is 5.73 Å². The molecule has 2 unspecified atom stereocenters. The van der Waals surface area contributed by atoms with E-state index in [1.807, 2.05) is 13.0 Å². The highest BCUT2D eigenvalue weighted by molar-refractivity contribution is 5.12. The van der Waals surface area contributed by atoms with Gasteiger partial charge in [0.2, 0.25) is 0 Å². The maximum Gasteiger partial charge on any atom is 0.122 e. The van der Waals surface area contributed by atoms with E-state index in [9.17, 15) is 0 Å². The number of nitrogens with two attached hydrogens (primary N) is 1. The molecule has 122 valence electrons. The predicted octanol–water partition coefficient (Wildman–Crippen LogP) is 4.51. The number of aryl methyl sites for hydroxylation is 1. The minimum Gasteiger partial charge on any atom is -0.465 e. The summed E-state index contributed by atoms with van der Waals surface area (Å²) >= 11 is 0. The predicted molar refractivity (Wildman–Crippen MR) is 90.4 cm³/mol. The van der Waals surface area contributed by atoms with E-state index < -0.39 is 0 Å². The average molecular weight is 294 g/mol. The van der Waals surface area contributed by atoms with Gasteiger partial charge in [-0.05, 0) is 44.2 Å². The molecular formula is C18H34N2O. The summed E-state index contributed by atoms with van der Waals surface area (Å²) in [5, 5.41) is 0. The lowest BCUT2D eigenvalue weighted by atomic mass is 9.96. The number of furan rings is 1. The standard InChI is InChI=1S/C18H34N2O/c1-7-15(8-2)20(12-13(4)5)18(16(19)9-3)17-11-10-14(6)21-17/h10-11,13,15-16,18H,7-9,12,19H2,1-6H3. The third kappa shape index (κ3) is 4.86. The van der Waals surface area contributed by atoms with E-state index in [1.54, 1.807) is 0 Å². The van der Waals surface area contributed by atoms with Gasteiger partial charge in [-0.15, -0.1) is 0 Å². The second-order valence-corrected chi connectivity index (χ2v) is 6.53. The van der Waals surface area contributed by atoms with Gasteiger partial charge in [0.1, 0.15) is 11.5 Å². The van der Waals surface area contributed by atoms with Crippen LogP contribution in [0.3, 0.4) is 0 Å². The zero-order chi connectivity index (χ0) is 16.0. The van der Waals surface area contributed by atoms with Crippen molar-refractivity contribution in [2.45, 2.75) is 78.9 Å². The van der Waals surface area contributed by atoms with Gasteiger partial charge in [0.25, 0.3) is 0 Å². The van der Waals surface area contributed by atoms with Crippen LogP contribution in [-0.4, -0.2) is 23.5 Å². The van der Waals surface area contributed by atoms with Gasteiger partial charge >= 0.3 is 0 Å². The molecule has 1 aromatic rings. The highest BCUT2D eigenvalue weighted by Crippen LogP contribution is 2.31. The van der Waals surface area contributed by atoms with Crippen molar-refractivity contribution in [3.63, 3.8) is 0 Å². The van der Waals surface area contributed by atoms with Crippen LogP contribution in [0.25, 0.3) is 0 Å². The normalized spacial score (nSPS) is 15.1. The van der Waals surface area contributed by atoms with Gasteiger partial charge in [-0.1, -0.05) is 34.6 Å². The van der Waals surface area contributed by atoms with Crippen molar-refractivity contribution >= 4 is 0 Å². The van der Waals surface area contributed by atoms with Gasteiger partial charge in [0, 0.05) is 18.6 Å². The summed E-state index contributed by atoms with van der Waals surface area (Å²) in [6.45, 7) is 14.3. The van der Waals surface area contributed by atoms with Crippen molar-refractivity contribution < 1.29 is 4.42 Å². The van der Waals surface area contributed by atoms with E-state index in [1.165, 1.54) is 0 Å². The highest BCUT2D eigenvalue weighted by Gasteiger charge is 2.32. The Balaban J connectivity index is 3.15. The molecule has 0 spiro atoms. The van der Waals surface area contributed by atoms with E-state index in [-0.39, 0.29) is 12.1 Å². The van der Waals surface area contributed by atoms with Gasteiger partial charge in [0.05, 0.1) is 6.04 Å². The summed E-state index contributed by atoms with van der Waals surface area (Å²) < 4.78 is 5.95. The van der Waals surface area contributed by atoms with Crippen molar-refractivity contribution in [3.05, 3.63) is 23.7 Å². The first kappa shape index (κ1) is 18.2. The molecule has 2 N–H and O–H groups in total. The average Bonchev–Trinajstić information content (AvgIpc) is 2.85. The lowest BCUT2D eigenvalue weighted by Crippen LogP contribution is -2.47. The molecular weight excluding hydrogens is 260 g/mol. The quantitative estimate of drug-likeness (QED) is 0.728. The molecule has 21 heavy (non-hydrogen) atoms. The van der Waals surface area contributed by atoms with Gasteiger partial charge in [0.15, 0.2) is 0 Å². The van der Waals surface area contributed by atoms with Crippen LogP contribution in [0.2, 0.25) is 0 Å². The topological polar surface area (TPSA) is 42.4 Å². The molecule has 0 aliphatic carbocycles. The fourth-order valence-electron chi connectivity index (χ4n) is 3.13. The van der Waals surface area contributed by atoms with Crippen molar-refractivity contribution in [1.82, 2.24) is 4.90 Å². The second-order valence-electron chi connectivity index (χ2n) is 6.53. The maximum atomic E-state index is 6.48. The molecule has 2 atom stereocenters. The van der Waals surface area contributed by atoms with Gasteiger partial charge < -0.3 is 10.2 Å². The van der Waals surface area contributed by atoms with Crippen LogP contribution in [0, 0.1) is 12.8 Å². The molecule has 3 nitrogen and oxygen atoms in total. The van der Waals surface area contributed by atoms with E-state index in [0.29, 0.717) is 12.0 Å². The molecule has 0 bridgehead atoms. The Labute approximate surface area is 130 Å². The zero-order valence-electron chi connectivity index (χ0n) is 14.7. The molecule has 0 saturated carbocycles. The van der Waals surface area contributed by atoms with Crippen LogP contribution in [0.5, 0.6) is 0 Å². The molecule has 0 aromatic carbocycles. The zero-order valence-corrected chi connectivity index (χ0v) is 14.7. The fraction of sp³-hybridized carbons (Fsp3) is 0.778. The van der Waals surface area contributed by atoms with E-state index in [2.05, 4.69) is 45.6 Å². The van der Waals surface area contributed by atoms with Crippen LogP contribution in [0.4, 0.5) is 0 Å². The minimum atomic E-state index is 0.106. The monoisotopic (exact) mass is 294 g/mol. The Bertz CT molecular complexity index is 396. The van der Waals surface area contributed by atoms with Gasteiger partial charge in [-0.25, -0.2) is 0 Å². The first-order valence-corrected chi connectivity index (χ1v) is 8.52. The van der Waals surface area contributed by atoms with Crippen LogP contribution in [0.15, 0.2) is 16.5 Å². The SMILES string of the molecule is CCC(N)C(c1ccc(C)o1)N(CC(C)C)C(CC)CC. The largest absolute Gasteiger partial charge is 0.465 e. The van der Waals surface area contributed by atoms with Crippen LogP contribution >= 0.6 is 0 Å². The first-order valence-electron chi connectivity index (χ1n) is 8.52. The van der Waals surface area contributed by atoms with Gasteiger partial charge in [-0.2, -0.15) is 0 Å². The maximum absolute atomic E-state index is 6.48. The molecule has 0 aliphatic heterocycles. The summed E-state index contributed by atoms with van der Waals surface area (Å²) in [5.41, 5.74) is 6.48. The van der Waals surface area contributed by atoms with E-state index in [4.69, 9.17) is 10.2 Å². The fourth-order valence-corrected chi connectivity index (χ4v) is 3.13. The summed E-state index contributed by atoms with van der Waals surface area (Å²) in [7, 11) is 0. The number of hydrogen-bond donors (Lipinski definition) is 1. The van der Waals surface area contributed by atoms with E-state index >= 15 is 0 Å². The number of nitrogens with zero attached hydrogens (tertiary/aromatic N) is 1. The molecule has 0 radical (unpaired) electrons. The van der Waals surface area contributed by atoms with Crippen molar-refractivity contribution in [2.75, 3.05) is 6.54 Å². The Kier molecular flexibility index (Phi) is 7.47. The molecule has 1 aromatic heterocycles. The molecule has 0 aliphatic rings. The lowest BCUT2D eigenvalue weighted by molar-refractivity contribution is 0.0772. The smallest absolute Gasteiger partial charge is 0.122 e. The third-order valence-electron chi connectivity index (χ3n) is 4.27. The molecule has 0 saturated heterocycles. The molecule has 1 heterocycles. The Morgan fingerprint density at radius 3 is 2.10 bits per heavy atom. The summed E-state index contributed by atoms with van der Waals surface area (Å²) in [6.07, 6.45) is 3.25. The number of rotatable bonds is 9. The Morgan fingerprint density at radius 2 is 1.71 bits per heavy atom. The van der Waals surface area contributed by atoms with Crippen molar-refractivity contribution in [1.29, 1.82) is 0 Å². The third-order valence-corrected chi connectivity index (χ3v) is 4.27.